The summed E-state index contributed by atoms with van der Waals surface area (Å²) in [5, 5.41) is 6.85. The van der Waals surface area contributed by atoms with E-state index >= 15 is 0 Å². The Kier molecular flexibility index (Phi) is 6.98. The summed E-state index contributed by atoms with van der Waals surface area (Å²) in [5.41, 5.74) is 5.61. The van der Waals surface area contributed by atoms with Crippen LogP contribution in [0.15, 0.2) is 60.7 Å². The van der Waals surface area contributed by atoms with Gasteiger partial charge in [-0.15, -0.1) is 0 Å². The zero-order valence-corrected chi connectivity index (χ0v) is 17.8. The molecule has 0 radical (unpaired) electrons. The molecule has 0 saturated carbocycles. The van der Waals surface area contributed by atoms with Gasteiger partial charge in [-0.05, 0) is 60.7 Å². The molecule has 0 aliphatic heterocycles. The maximum atomic E-state index is 13.0. The molecule has 0 spiro atoms. The van der Waals surface area contributed by atoms with Crippen LogP contribution in [0.5, 0.6) is 11.5 Å². The fourth-order valence-corrected chi connectivity index (χ4v) is 3.01. The molecule has 3 amide bonds. The highest BCUT2D eigenvalue weighted by molar-refractivity contribution is 6.31. The second-order valence-corrected chi connectivity index (χ2v) is 7.13. The summed E-state index contributed by atoms with van der Waals surface area (Å²) in [5.74, 6) is 0.442. The Hall–Kier alpha value is -3.92. The van der Waals surface area contributed by atoms with E-state index in [0.717, 1.165) is 12.1 Å². The summed E-state index contributed by atoms with van der Waals surface area (Å²) >= 11 is 5.57. The van der Waals surface area contributed by atoms with Crippen molar-refractivity contribution in [1.82, 2.24) is 5.32 Å². The number of nitrogens with one attached hydrogen (secondary N) is 3. The first-order chi connectivity index (χ1) is 15.6. The van der Waals surface area contributed by atoms with Crippen LogP contribution in [0.4, 0.5) is 35.0 Å². The third-order valence-corrected chi connectivity index (χ3v) is 4.70. The summed E-state index contributed by atoms with van der Waals surface area (Å²) in [4.78, 5) is 24.0. The number of amides is 3. The Morgan fingerprint density at radius 2 is 1.52 bits per heavy atom. The molecular formula is C22H18ClF3N4O3. The summed E-state index contributed by atoms with van der Waals surface area (Å²) in [6.45, 7) is 0. The highest BCUT2D eigenvalue weighted by Gasteiger charge is 2.33. The van der Waals surface area contributed by atoms with Crippen LogP contribution in [0.25, 0.3) is 0 Å². The van der Waals surface area contributed by atoms with E-state index in [1.165, 1.54) is 31.3 Å². The van der Waals surface area contributed by atoms with Crippen molar-refractivity contribution in [3.63, 3.8) is 0 Å². The van der Waals surface area contributed by atoms with Crippen LogP contribution in [-0.2, 0) is 6.18 Å². The van der Waals surface area contributed by atoms with Gasteiger partial charge in [0.15, 0.2) is 0 Å². The van der Waals surface area contributed by atoms with Gasteiger partial charge in [-0.25, -0.2) is 4.79 Å². The maximum absolute atomic E-state index is 13.0. The number of carbonyl (C=O) groups is 2. The molecule has 0 aliphatic rings. The molecule has 0 fully saturated rings. The lowest BCUT2D eigenvalue weighted by atomic mass is 10.1. The van der Waals surface area contributed by atoms with Gasteiger partial charge in [-0.2, -0.15) is 13.2 Å². The Bertz CT molecular complexity index is 1180. The van der Waals surface area contributed by atoms with Crippen LogP contribution in [0, 0.1) is 0 Å². The number of benzene rings is 3. The topological polar surface area (TPSA) is 105 Å². The Balaban J connectivity index is 1.64. The average Bonchev–Trinajstić information content (AvgIpc) is 2.76. The number of urea groups is 1. The maximum Gasteiger partial charge on any atom is 0.417 e. The largest absolute Gasteiger partial charge is 0.457 e. The highest BCUT2D eigenvalue weighted by atomic mass is 35.5. The molecule has 0 heterocycles. The van der Waals surface area contributed by atoms with Crippen LogP contribution in [-0.4, -0.2) is 19.0 Å². The molecular weight excluding hydrogens is 461 g/mol. The van der Waals surface area contributed by atoms with Crippen molar-refractivity contribution >= 4 is 40.6 Å². The van der Waals surface area contributed by atoms with Crippen molar-refractivity contribution in [1.29, 1.82) is 0 Å². The number of nitrogens with two attached hydrogens (primary N) is 1. The number of halogens is 4. The highest BCUT2D eigenvalue weighted by Crippen LogP contribution is 2.36. The second kappa shape index (κ2) is 9.70. The molecule has 33 heavy (non-hydrogen) atoms. The van der Waals surface area contributed by atoms with Gasteiger partial charge >= 0.3 is 12.2 Å². The van der Waals surface area contributed by atoms with Gasteiger partial charge in [0, 0.05) is 24.1 Å². The first-order valence-electron chi connectivity index (χ1n) is 9.41. The molecule has 172 valence electrons. The fourth-order valence-electron chi connectivity index (χ4n) is 2.79. The van der Waals surface area contributed by atoms with Crippen molar-refractivity contribution < 1.29 is 27.5 Å². The van der Waals surface area contributed by atoms with E-state index in [4.69, 9.17) is 22.1 Å². The second-order valence-electron chi connectivity index (χ2n) is 6.73. The zero-order valence-electron chi connectivity index (χ0n) is 17.1. The SMILES string of the molecule is CNC(=O)c1cc(Oc2ccc(NC(=O)Nc3ccc(Cl)c(C(F)(F)F)c3)cc2)ccc1N. The first kappa shape index (κ1) is 23.7. The van der Waals surface area contributed by atoms with Gasteiger partial charge in [-0.3, -0.25) is 4.79 Å². The van der Waals surface area contributed by atoms with Gasteiger partial charge in [0.05, 0.1) is 16.1 Å². The molecule has 11 heteroatoms. The van der Waals surface area contributed by atoms with Gasteiger partial charge in [-0.1, -0.05) is 11.6 Å². The van der Waals surface area contributed by atoms with Crippen LogP contribution >= 0.6 is 11.6 Å². The monoisotopic (exact) mass is 478 g/mol. The van der Waals surface area contributed by atoms with E-state index in [9.17, 15) is 22.8 Å². The summed E-state index contributed by atoms with van der Waals surface area (Å²) < 4.78 is 44.6. The van der Waals surface area contributed by atoms with Crippen molar-refractivity contribution in [2.75, 3.05) is 23.4 Å². The van der Waals surface area contributed by atoms with Crippen LogP contribution < -0.4 is 26.4 Å². The van der Waals surface area contributed by atoms with E-state index in [-0.39, 0.29) is 17.2 Å². The predicted molar refractivity (Wildman–Crippen MR) is 120 cm³/mol. The molecule has 5 N–H and O–H groups in total. The lowest BCUT2D eigenvalue weighted by molar-refractivity contribution is -0.137. The van der Waals surface area contributed by atoms with E-state index < -0.39 is 22.8 Å². The molecule has 0 saturated heterocycles. The number of nitrogen functional groups attached to an aromatic ring is 1. The van der Waals surface area contributed by atoms with Crippen LogP contribution in [0.3, 0.4) is 0 Å². The number of rotatable bonds is 5. The van der Waals surface area contributed by atoms with Gasteiger partial charge < -0.3 is 26.4 Å². The predicted octanol–water partition coefficient (Wildman–Crippen LogP) is 5.74. The summed E-state index contributed by atoms with van der Waals surface area (Å²) in [6, 6.07) is 13.2. The summed E-state index contributed by atoms with van der Waals surface area (Å²) in [7, 11) is 1.49. The van der Waals surface area contributed by atoms with E-state index in [0.29, 0.717) is 22.9 Å². The molecule has 3 aromatic rings. The van der Waals surface area contributed by atoms with E-state index in [1.807, 2.05) is 0 Å². The van der Waals surface area contributed by atoms with Crippen molar-refractivity contribution in [2.45, 2.75) is 6.18 Å². The van der Waals surface area contributed by atoms with Gasteiger partial charge in [0.2, 0.25) is 0 Å². The quantitative estimate of drug-likeness (QED) is 0.351. The lowest BCUT2D eigenvalue weighted by Crippen LogP contribution is -2.19. The number of hydrogen-bond donors (Lipinski definition) is 4. The van der Waals surface area contributed by atoms with Gasteiger partial charge in [0.25, 0.3) is 5.91 Å². The molecule has 0 aromatic heterocycles. The minimum absolute atomic E-state index is 0.0700. The number of hydrogen-bond acceptors (Lipinski definition) is 4. The number of alkyl halides is 3. The average molecular weight is 479 g/mol. The molecule has 3 aromatic carbocycles. The van der Waals surface area contributed by atoms with E-state index in [2.05, 4.69) is 16.0 Å². The number of ether oxygens (including phenoxy) is 1. The molecule has 0 atom stereocenters. The third kappa shape index (κ3) is 6.07. The standard InChI is InChI=1S/C22H18ClF3N4O3/c1-28-20(31)16-11-15(7-9-19(16)27)33-14-5-2-12(3-6-14)29-21(32)30-13-4-8-18(23)17(10-13)22(24,25)26/h2-11H,27H2,1H3,(H,28,31)(H2,29,30,32). The first-order valence-corrected chi connectivity index (χ1v) is 9.79. The molecule has 3 rings (SSSR count). The normalized spacial score (nSPS) is 10.9. The molecule has 0 bridgehead atoms. The van der Waals surface area contributed by atoms with Crippen molar-refractivity contribution in [3.05, 3.63) is 76.8 Å². The number of carbonyl (C=O) groups excluding carboxylic acids is 2. The fraction of sp³-hybridized carbons (Fsp3) is 0.0909. The van der Waals surface area contributed by atoms with Crippen molar-refractivity contribution in [2.24, 2.45) is 0 Å². The van der Waals surface area contributed by atoms with Crippen LogP contribution in [0.2, 0.25) is 5.02 Å². The van der Waals surface area contributed by atoms with Crippen LogP contribution in [0.1, 0.15) is 15.9 Å². The zero-order chi connectivity index (χ0) is 24.2. The molecule has 0 aliphatic carbocycles. The Morgan fingerprint density at radius 1 is 0.909 bits per heavy atom. The molecule has 0 unspecified atom stereocenters. The smallest absolute Gasteiger partial charge is 0.417 e. The lowest BCUT2D eigenvalue weighted by Gasteiger charge is -2.13. The van der Waals surface area contributed by atoms with Crippen molar-refractivity contribution in [3.8, 4) is 11.5 Å². The minimum Gasteiger partial charge on any atom is -0.457 e. The Labute approximate surface area is 191 Å². The number of anilines is 3. The third-order valence-electron chi connectivity index (χ3n) is 4.37. The van der Waals surface area contributed by atoms with Gasteiger partial charge in [0.1, 0.15) is 11.5 Å². The minimum atomic E-state index is -4.65. The molecule has 7 nitrogen and oxygen atoms in total. The summed E-state index contributed by atoms with van der Waals surface area (Å²) in [6.07, 6.45) is -4.65. The Morgan fingerprint density at radius 3 is 2.15 bits per heavy atom. The van der Waals surface area contributed by atoms with E-state index in [1.54, 1.807) is 24.3 Å².